The molecular weight excluding hydrogens is 1370 g/mol. The van der Waals surface area contributed by atoms with E-state index >= 15 is 42.7 Å². The molecule has 28 heteroatoms. The van der Waals surface area contributed by atoms with Gasteiger partial charge in [0.1, 0.15) is 60.0 Å². The maximum absolute atomic E-state index is 15.7. The summed E-state index contributed by atoms with van der Waals surface area (Å²) < 4.78 is 27.4. The molecule has 105 heavy (non-hydrogen) atoms. The van der Waals surface area contributed by atoms with E-state index in [2.05, 4.69) is 22.9 Å². The molecule has 0 radical (unpaired) electrons. The summed E-state index contributed by atoms with van der Waals surface area (Å²) in [7, 11) is 13.3. The van der Waals surface area contributed by atoms with Crippen LogP contribution in [0.4, 0.5) is 4.39 Å². The summed E-state index contributed by atoms with van der Waals surface area (Å²) >= 11 is 6.49. The third kappa shape index (κ3) is 20.5. The van der Waals surface area contributed by atoms with Gasteiger partial charge in [0.05, 0.1) is 37.1 Å². The van der Waals surface area contributed by atoms with E-state index in [0.717, 1.165) is 64.2 Å². The summed E-state index contributed by atoms with van der Waals surface area (Å²) in [5.41, 5.74) is -1.54. The van der Waals surface area contributed by atoms with Crippen LogP contribution in [0.25, 0.3) is 0 Å². The van der Waals surface area contributed by atoms with Gasteiger partial charge in [-0.15, -0.1) is 11.6 Å². The monoisotopic (exact) mass is 1490 g/mol. The minimum Gasteiger partial charge on any atom is -0.380 e. The largest absolute Gasteiger partial charge is 0.380 e. The molecule has 2 saturated heterocycles. The number of amides is 12. The smallest absolute Gasteiger partial charge is 0.248 e. The van der Waals surface area contributed by atoms with Crippen LogP contribution in [0.2, 0.25) is 0 Å². The Hall–Kier alpha value is -6.48. The lowest BCUT2D eigenvalue weighted by Crippen LogP contribution is -2.68. The lowest BCUT2D eigenvalue weighted by Gasteiger charge is -2.46. The number of hydrogen-bond acceptors (Lipinski definition) is 14. The van der Waals surface area contributed by atoms with Crippen molar-refractivity contribution in [3.05, 3.63) is 12.2 Å². The number of ether oxygens (including phenoxy) is 2. The zero-order valence-electron chi connectivity index (χ0n) is 65.0. The van der Waals surface area contributed by atoms with Crippen molar-refractivity contribution in [1.29, 1.82) is 0 Å². The van der Waals surface area contributed by atoms with E-state index in [1.165, 1.54) is 108 Å². The number of carbonyl (C=O) groups excluding carboxylic acids is 12. The fourth-order valence-corrected chi connectivity index (χ4v) is 18.1. The number of carbonyl (C=O) groups is 12. The first kappa shape index (κ1) is 84.1. The highest BCUT2D eigenvalue weighted by Gasteiger charge is 2.54. The number of hydrogen-bond donors (Lipinski definition) is 3. The minimum atomic E-state index is -1.54. The van der Waals surface area contributed by atoms with Crippen molar-refractivity contribution in [2.45, 2.75) is 272 Å². The fraction of sp³-hybridized carbons (Fsp3) is 0.818. The minimum absolute atomic E-state index is 0.0177. The van der Waals surface area contributed by atoms with Crippen molar-refractivity contribution in [3.63, 3.8) is 0 Å². The van der Waals surface area contributed by atoms with Gasteiger partial charge >= 0.3 is 0 Å². The Morgan fingerprint density at radius 1 is 0.667 bits per heavy atom. The summed E-state index contributed by atoms with van der Waals surface area (Å²) in [6.07, 6.45) is 12.9. The second-order valence-electron chi connectivity index (χ2n) is 32.4. The quantitative estimate of drug-likeness (QED) is 0.144. The molecule has 5 saturated carbocycles. The highest BCUT2D eigenvalue weighted by Crippen LogP contribution is 2.41. The van der Waals surface area contributed by atoms with Crippen LogP contribution in [0.3, 0.4) is 0 Å². The van der Waals surface area contributed by atoms with E-state index in [1.54, 1.807) is 13.8 Å². The second-order valence-corrected chi connectivity index (χ2v) is 32.9. The Labute approximate surface area is 627 Å². The Bertz CT molecular complexity index is 3100. The normalized spacial score (nSPS) is 33.1. The highest BCUT2D eigenvalue weighted by molar-refractivity contribution is 6.21. The molecule has 590 valence electrons. The second kappa shape index (κ2) is 38.1. The summed E-state index contributed by atoms with van der Waals surface area (Å²) in [6.45, 7) is 6.82. The molecule has 7 fully saturated rings. The predicted octanol–water partition coefficient (Wildman–Crippen LogP) is 5.45. The van der Waals surface area contributed by atoms with Crippen LogP contribution in [0, 0.1) is 35.5 Å². The Balaban J connectivity index is 1.20. The van der Waals surface area contributed by atoms with Gasteiger partial charge in [-0.3, -0.25) is 57.5 Å². The summed E-state index contributed by atoms with van der Waals surface area (Å²) in [4.78, 5) is 195. The number of nitrogens with one attached hydrogen (secondary N) is 3. The number of likely N-dealkylation sites (N-methyl/N-ethyl adjacent to an activating group) is 7. The molecule has 0 aromatic carbocycles. The van der Waals surface area contributed by atoms with Gasteiger partial charge in [-0.1, -0.05) is 104 Å². The van der Waals surface area contributed by atoms with Crippen LogP contribution in [0.15, 0.2) is 12.2 Å². The molecule has 4 unspecified atom stereocenters. The van der Waals surface area contributed by atoms with E-state index in [0.29, 0.717) is 44.4 Å². The Kier molecular flexibility index (Phi) is 30.5. The molecular formula is C77H124ClFN12O14. The molecule has 8 aliphatic rings. The maximum atomic E-state index is 15.7. The van der Waals surface area contributed by atoms with Gasteiger partial charge in [-0.25, -0.2) is 4.39 Å². The van der Waals surface area contributed by atoms with E-state index in [9.17, 15) is 19.2 Å². The first-order chi connectivity index (χ1) is 49.8. The topological polar surface area (TPSA) is 289 Å². The molecule has 3 heterocycles. The van der Waals surface area contributed by atoms with E-state index in [-0.39, 0.29) is 101 Å². The summed E-state index contributed by atoms with van der Waals surface area (Å²) in [5.74, 6) is -7.93. The number of alkyl halides is 2. The first-order valence-electron chi connectivity index (χ1n) is 39.2. The fourth-order valence-electron chi connectivity index (χ4n) is 17.8. The lowest BCUT2D eigenvalue weighted by atomic mass is 9.74. The van der Waals surface area contributed by atoms with Crippen molar-refractivity contribution >= 4 is 82.5 Å². The van der Waals surface area contributed by atoms with Gasteiger partial charge in [-0.05, 0) is 126 Å². The number of halogens is 2. The van der Waals surface area contributed by atoms with Gasteiger partial charge in [0.15, 0.2) is 0 Å². The molecule has 14 atom stereocenters. The number of rotatable bonds is 14. The van der Waals surface area contributed by atoms with Crippen molar-refractivity contribution in [3.8, 4) is 0 Å². The zero-order valence-corrected chi connectivity index (χ0v) is 65.7. The van der Waals surface area contributed by atoms with Crippen molar-refractivity contribution < 1.29 is 71.4 Å². The molecule has 3 aliphatic heterocycles. The molecule has 26 nitrogen and oxygen atoms in total. The first-order valence-corrected chi connectivity index (χ1v) is 39.6. The van der Waals surface area contributed by atoms with Crippen LogP contribution in [0.5, 0.6) is 0 Å². The molecule has 2 bridgehead atoms. The molecule has 12 amide bonds. The Morgan fingerprint density at radius 3 is 1.92 bits per heavy atom. The number of nitrogens with zero attached hydrogens (tertiary/aromatic N) is 9. The molecule has 8 rings (SSSR count). The van der Waals surface area contributed by atoms with E-state index < -0.39 is 174 Å². The average Bonchev–Trinajstić information content (AvgIpc) is 1.67. The molecule has 3 N–H and O–H groups in total. The summed E-state index contributed by atoms with van der Waals surface area (Å²) in [5, 5.41) is 8.12. The van der Waals surface area contributed by atoms with Gasteiger partial charge in [0.25, 0.3) is 0 Å². The van der Waals surface area contributed by atoms with Crippen molar-refractivity contribution in [2.75, 3.05) is 96.3 Å². The standard InChI is InChI=1S/C77H124ClFN12O14/c1-14-48(4)66-74(101)85(8)46-64(94)86(9)56-28-17-16-22-37-90(73(56)100)60(40-50-31-29-47(3)30-32-50)72(99)84(7)45-62(92)80-55(34-33-51-38-54(79)65(78)61(41-51)104-13)70(97)91-44-53(105-15-2)42-58(91)69(96)82-77(35-23-36-77)76(103)89(12)67(52-26-20-21-27-52)75(102)88(11)59(71(98)83(5)6)43-63(93)87(10)57(68(95)81-66)39-49-24-18-19-25-49/h16-17,47-61,65-67H,14-15,18-46H2,1-13H3,(H,80,92)(H,81,95)(H,82,96)/b17-16-/t47?,48-,50?,51?,53+,54?,55-,56-,57-,58-,59-,60-,61?,65?,66-,67-/m0/s1. The predicted molar refractivity (Wildman–Crippen MR) is 394 cm³/mol. The van der Waals surface area contributed by atoms with Crippen LogP contribution in [-0.2, 0) is 67.0 Å². The number of fused-ring (bicyclic) bond motifs is 3. The maximum Gasteiger partial charge on any atom is 0.248 e. The van der Waals surface area contributed by atoms with E-state index in [1.807, 2.05) is 19.1 Å². The van der Waals surface area contributed by atoms with Crippen LogP contribution in [0.1, 0.15) is 195 Å². The Morgan fingerprint density at radius 2 is 1.30 bits per heavy atom. The average molecular weight is 1500 g/mol. The zero-order chi connectivity index (χ0) is 76.9. The van der Waals surface area contributed by atoms with Gasteiger partial charge in [0, 0.05) is 89.6 Å². The van der Waals surface area contributed by atoms with Crippen molar-refractivity contribution in [2.24, 2.45) is 35.5 Å². The summed E-state index contributed by atoms with van der Waals surface area (Å²) in [6, 6.07) is -9.70. The van der Waals surface area contributed by atoms with E-state index in [4.69, 9.17) is 21.1 Å². The third-order valence-electron chi connectivity index (χ3n) is 24.9. The van der Waals surface area contributed by atoms with Crippen LogP contribution < -0.4 is 16.0 Å². The molecule has 0 aromatic heterocycles. The lowest BCUT2D eigenvalue weighted by molar-refractivity contribution is -0.158. The van der Waals surface area contributed by atoms with Gasteiger partial charge in [0.2, 0.25) is 70.9 Å². The SMILES string of the molecule is CCO[C@@H]1C[C@H]2C(=O)NC3(CCC3)C(=O)N(C)[C@@H](C3CCCC3)C(=O)N(C)[C@H](C(=O)N(C)C)CC(=O)N(C)[C@@H](CC3CCCC3)C(=O)N[C@@H]([C@@H](C)CC)C(=O)N(C)CC(=O)N(C)[C@H]3C/C=C\CCN(C3=O)[C@@H](CC3CCC(C)CC3)C(=O)N(C)CC(=O)N[C@@H](CCC3CC(F)C(Cl)C(OC)C3)C(=O)N2C1. The van der Waals surface area contributed by atoms with Crippen molar-refractivity contribution in [1.82, 2.24) is 60.0 Å². The molecule has 1 spiro atoms. The van der Waals surface area contributed by atoms with Gasteiger partial charge < -0.3 is 69.5 Å². The van der Waals surface area contributed by atoms with Crippen LogP contribution >= 0.6 is 11.6 Å². The van der Waals surface area contributed by atoms with Gasteiger partial charge in [-0.2, -0.15) is 0 Å². The molecule has 0 aromatic rings. The number of methoxy groups -OCH3 is 1. The van der Waals surface area contributed by atoms with Crippen LogP contribution in [-0.4, -0.2) is 289 Å². The molecule has 5 aliphatic carbocycles. The highest BCUT2D eigenvalue weighted by atomic mass is 35.5. The third-order valence-corrected chi connectivity index (χ3v) is 25.5.